The number of nitrogens with one attached hydrogen (secondary N) is 3. The lowest BCUT2D eigenvalue weighted by molar-refractivity contribution is 0.0693. The lowest BCUT2D eigenvalue weighted by atomic mass is 10.2. The van der Waals surface area contributed by atoms with E-state index in [2.05, 4.69) is 25.3 Å². The minimum absolute atomic E-state index is 0.148. The number of carbonyl (C=O) groups is 2. The number of hydrogen-bond acceptors (Lipinski definition) is 7. The van der Waals surface area contributed by atoms with Crippen molar-refractivity contribution in [1.29, 1.82) is 0 Å². The van der Waals surface area contributed by atoms with Crippen LogP contribution in [-0.2, 0) is 6.61 Å². The molecule has 0 aliphatic heterocycles. The van der Waals surface area contributed by atoms with E-state index in [0.29, 0.717) is 37.1 Å². The third-order valence-electron chi connectivity index (χ3n) is 4.52. The molecule has 3 aromatic rings. The van der Waals surface area contributed by atoms with E-state index >= 15 is 0 Å². The number of amides is 2. The van der Waals surface area contributed by atoms with Gasteiger partial charge in [0, 0.05) is 19.3 Å². The van der Waals surface area contributed by atoms with Crippen LogP contribution >= 0.6 is 23.1 Å². The van der Waals surface area contributed by atoms with Gasteiger partial charge in [0.1, 0.15) is 23.2 Å². The molecule has 0 spiro atoms. The number of benzene rings is 1. The summed E-state index contributed by atoms with van der Waals surface area (Å²) in [6, 6.07) is 5.40. The predicted octanol–water partition coefficient (Wildman–Crippen LogP) is 4.90. The number of ether oxygens (including phenoxy) is 1. The summed E-state index contributed by atoms with van der Waals surface area (Å²) in [5, 5.41) is 16.7. The highest BCUT2D eigenvalue weighted by molar-refractivity contribution is 7.11. The van der Waals surface area contributed by atoms with Gasteiger partial charge in [0.25, 0.3) is 0 Å². The quantitative estimate of drug-likeness (QED) is 0.158. The van der Waals surface area contributed by atoms with Gasteiger partial charge < -0.3 is 20.5 Å². The molecule has 0 atom stereocenters. The average molecular weight is 530 g/mol. The van der Waals surface area contributed by atoms with Crippen LogP contribution in [0.2, 0.25) is 5.02 Å². The standard InChI is InChI=1S/C21H19ClF3N5O4S/c22-12-9-13(23)11(16(24)17(12)25)10-34-18-15(20(31)32)19(35-30-18)29-21(33)28-8-4-3-7-27-14-5-1-2-6-26-14/h1-2,5-6,9H,3-4,7-8,10H2,(H,26,27)(H,31,32)(H2,28,29,33). The van der Waals surface area contributed by atoms with Crippen molar-refractivity contribution < 1.29 is 32.6 Å². The molecule has 0 bridgehead atoms. The van der Waals surface area contributed by atoms with Crippen LogP contribution in [0.15, 0.2) is 30.5 Å². The SMILES string of the molecule is O=C(NCCCCNc1ccccn1)Nc1snc(OCc2c(F)cc(Cl)c(F)c2F)c1C(=O)O. The van der Waals surface area contributed by atoms with Crippen molar-refractivity contribution in [3.05, 3.63) is 64.1 Å². The molecule has 0 saturated carbocycles. The van der Waals surface area contributed by atoms with E-state index in [4.69, 9.17) is 16.3 Å². The van der Waals surface area contributed by atoms with Gasteiger partial charge in [-0.3, -0.25) is 5.32 Å². The van der Waals surface area contributed by atoms with Crippen LogP contribution < -0.4 is 20.7 Å². The van der Waals surface area contributed by atoms with E-state index in [-0.39, 0.29) is 5.00 Å². The third-order valence-corrected chi connectivity index (χ3v) is 5.55. The molecule has 0 aliphatic rings. The minimum Gasteiger partial charge on any atom is -0.477 e. The van der Waals surface area contributed by atoms with Crippen molar-refractivity contribution in [1.82, 2.24) is 14.7 Å². The number of carbonyl (C=O) groups excluding carboxylic acids is 1. The number of rotatable bonds is 11. The molecule has 35 heavy (non-hydrogen) atoms. The fourth-order valence-electron chi connectivity index (χ4n) is 2.81. The van der Waals surface area contributed by atoms with Gasteiger partial charge in [-0.25, -0.2) is 27.7 Å². The Kier molecular flexibility index (Phi) is 9.09. The highest BCUT2D eigenvalue weighted by atomic mass is 35.5. The van der Waals surface area contributed by atoms with Crippen LogP contribution in [0.25, 0.3) is 0 Å². The Bertz CT molecular complexity index is 1200. The van der Waals surface area contributed by atoms with E-state index < -0.39 is 58.1 Å². The Morgan fingerprint density at radius 3 is 2.63 bits per heavy atom. The second kappa shape index (κ2) is 12.2. The smallest absolute Gasteiger partial charge is 0.344 e. The van der Waals surface area contributed by atoms with Crippen molar-refractivity contribution in [3.8, 4) is 5.88 Å². The van der Waals surface area contributed by atoms with Crippen LogP contribution in [0.5, 0.6) is 5.88 Å². The fourth-order valence-corrected chi connectivity index (χ4v) is 3.71. The van der Waals surface area contributed by atoms with Crippen molar-refractivity contribution in [2.75, 3.05) is 23.7 Å². The van der Waals surface area contributed by atoms with E-state index in [0.717, 1.165) is 12.2 Å². The summed E-state index contributed by atoms with van der Waals surface area (Å²) < 4.78 is 50.4. The zero-order chi connectivity index (χ0) is 25.4. The van der Waals surface area contributed by atoms with Crippen molar-refractivity contribution in [2.45, 2.75) is 19.4 Å². The van der Waals surface area contributed by atoms with Crippen molar-refractivity contribution >= 4 is 46.0 Å². The van der Waals surface area contributed by atoms with Crippen LogP contribution in [0.4, 0.5) is 28.8 Å². The minimum atomic E-state index is -1.56. The van der Waals surface area contributed by atoms with Crippen molar-refractivity contribution in [3.63, 3.8) is 0 Å². The van der Waals surface area contributed by atoms with Crippen LogP contribution in [-0.4, -0.2) is 39.6 Å². The Morgan fingerprint density at radius 2 is 1.91 bits per heavy atom. The first-order chi connectivity index (χ1) is 16.8. The molecular formula is C21H19ClF3N5O4S. The number of anilines is 2. The molecule has 0 fully saturated rings. The Balaban J connectivity index is 1.51. The van der Waals surface area contributed by atoms with Crippen LogP contribution in [0.1, 0.15) is 28.8 Å². The van der Waals surface area contributed by atoms with Crippen LogP contribution in [0, 0.1) is 17.5 Å². The Morgan fingerprint density at radius 1 is 1.14 bits per heavy atom. The van der Waals surface area contributed by atoms with Gasteiger partial charge in [0.15, 0.2) is 17.2 Å². The zero-order valence-electron chi connectivity index (χ0n) is 17.9. The maximum absolute atomic E-state index is 14.0. The number of urea groups is 1. The summed E-state index contributed by atoms with van der Waals surface area (Å²) >= 11 is 5.98. The highest BCUT2D eigenvalue weighted by Crippen LogP contribution is 2.32. The first-order valence-corrected chi connectivity index (χ1v) is 11.3. The summed E-state index contributed by atoms with van der Waals surface area (Å²) in [5.74, 6) is -5.44. The van der Waals surface area contributed by atoms with Gasteiger partial charge in [-0.2, -0.15) is 4.37 Å². The van der Waals surface area contributed by atoms with Crippen molar-refractivity contribution in [2.24, 2.45) is 0 Å². The molecule has 1 aromatic carbocycles. The number of unbranched alkanes of at least 4 members (excludes halogenated alkanes) is 1. The number of nitrogens with zero attached hydrogens (tertiary/aromatic N) is 2. The normalized spacial score (nSPS) is 10.6. The van der Waals surface area contributed by atoms with Gasteiger partial charge in [-0.05, 0) is 42.6 Å². The number of carboxylic acid groups (broad SMARTS) is 1. The van der Waals surface area contributed by atoms with Gasteiger partial charge in [0.2, 0.25) is 5.88 Å². The van der Waals surface area contributed by atoms with E-state index in [1.54, 1.807) is 6.20 Å². The van der Waals surface area contributed by atoms with Crippen LogP contribution in [0.3, 0.4) is 0 Å². The largest absolute Gasteiger partial charge is 0.477 e. The molecule has 14 heteroatoms. The number of hydrogen-bond donors (Lipinski definition) is 4. The highest BCUT2D eigenvalue weighted by Gasteiger charge is 2.25. The lowest BCUT2D eigenvalue weighted by Crippen LogP contribution is -2.30. The molecule has 3 rings (SSSR count). The third kappa shape index (κ3) is 6.96. The summed E-state index contributed by atoms with van der Waals surface area (Å²) in [7, 11) is 0. The van der Waals surface area contributed by atoms with Gasteiger partial charge in [0.05, 0.1) is 10.6 Å². The summed E-state index contributed by atoms with van der Waals surface area (Å²) in [6.07, 6.45) is 3.06. The number of pyridine rings is 1. The van der Waals surface area contributed by atoms with E-state index in [1.165, 1.54) is 0 Å². The first-order valence-electron chi connectivity index (χ1n) is 10.1. The topological polar surface area (TPSA) is 125 Å². The maximum atomic E-state index is 14.0. The second-order valence-corrected chi connectivity index (χ2v) is 8.14. The molecule has 9 nitrogen and oxygen atoms in total. The lowest BCUT2D eigenvalue weighted by Gasteiger charge is -2.09. The van der Waals surface area contributed by atoms with E-state index in [9.17, 15) is 27.9 Å². The molecule has 0 unspecified atom stereocenters. The summed E-state index contributed by atoms with van der Waals surface area (Å²) in [6.45, 7) is 0.118. The molecule has 0 aliphatic carbocycles. The molecule has 0 saturated heterocycles. The Labute approximate surface area is 206 Å². The van der Waals surface area contributed by atoms with E-state index in [1.807, 2.05) is 18.2 Å². The summed E-state index contributed by atoms with van der Waals surface area (Å²) in [4.78, 5) is 27.9. The Hall–Kier alpha value is -3.58. The zero-order valence-corrected chi connectivity index (χ0v) is 19.5. The van der Waals surface area contributed by atoms with Gasteiger partial charge >= 0.3 is 12.0 Å². The molecule has 2 aromatic heterocycles. The molecule has 2 amide bonds. The number of aromatic nitrogens is 2. The predicted molar refractivity (Wildman–Crippen MR) is 124 cm³/mol. The average Bonchev–Trinajstić information content (AvgIpc) is 3.23. The molecule has 0 radical (unpaired) electrons. The fraction of sp³-hybridized carbons (Fsp3) is 0.238. The molecule has 4 N–H and O–H groups in total. The molecule has 2 heterocycles. The number of halogens is 4. The second-order valence-electron chi connectivity index (χ2n) is 6.96. The molecule has 186 valence electrons. The number of aromatic carboxylic acids is 1. The summed E-state index contributed by atoms with van der Waals surface area (Å²) in [5.41, 5.74) is -1.30. The molecular weight excluding hydrogens is 511 g/mol. The van der Waals surface area contributed by atoms with Gasteiger partial charge in [-0.1, -0.05) is 17.7 Å². The van der Waals surface area contributed by atoms with Gasteiger partial charge in [-0.15, -0.1) is 0 Å². The first kappa shape index (κ1) is 26.0. The maximum Gasteiger partial charge on any atom is 0.344 e. The monoisotopic (exact) mass is 529 g/mol. The number of carboxylic acids is 1.